The number of aliphatic hydroxyl groups excluding tert-OH is 1. The van der Waals surface area contributed by atoms with Gasteiger partial charge < -0.3 is 43.3 Å². The van der Waals surface area contributed by atoms with Crippen LogP contribution in [0.1, 0.15) is 44.2 Å². The fourth-order valence-corrected chi connectivity index (χ4v) is 5.34. The van der Waals surface area contributed by atoms with Crippen LogP contribution in [-0.4, -0.2) is 94.2 Å². The van der Waals surface area contributed by atoms with Crippen molar-refractivity contribution in [2.45, 2.75) is 58.2 Å². The minimum Gasteiger partial charge on any atom is -0.497 e. The number of aliphatic hydroxyl groups is 1. The van der Waals surface area contributed by atoms with Crippen LogP contribution in [-0.2, 0) is 30.3 Å². The molecule has 0 aromatic heterocycles. The predicted molar refractivity (Wildman–Crippen MR) is 159 cm³/mol. The molecule has 2 aliphatic heterocycles. The van der Waals surface area contributed by atoms with Crippen LogP contribution in [0, 0.1) is 5.92 Å². The molecule has 0 aliphatic carbocycles. The molecule has 2 aromatic carbocycles. The zero-order valence-electron chi connectivity index (χ0n) is 25.7. The minimum atomic E-state index is -1.07. The van der Waals surface area contributed by atoms with Gasteiger partial charge in [0, 0.05) is 33.1 Å². The molecule has 1 fully saturated rings. The van der Waals surface area contributed by atoms with Gasteiger partial charge in [0.1, 0.15) is 18.1 Å². The molecule has 2 heterocycles. The van der Waals surface area contributed by atoms with E-state index in [1.807, 2.05) is 36.4 Å². The van der Waals surface area contributed by atoms with E-state index < -0.39 is 36.5 Å². The van der Waals surface area contributed by atoms with Gasteiger partial charge in [0.05, 0.1) is 57.2 Å². The summed E-state index contributed by atoms with van der Waals surface area (Å²) in [5.41, 5.74) is 2.82. The maximum Gasteiger partial charge on any atom is 0.413 e. The van der Waals surface area contributed by atoms with Crippen LogP contribution in [0.25, 0.3) is 0 Å². The molecule has 236 valence electrons. The van der Waals surface area contributed by atoms with Gasteiger partial charge in [0.15, 0.2) is 0 Å². The second kappa shape index (κ2) is 15.3. The molecule has 1 saturated heterocycles. The Morgan fingerprint density at radius 2 is 1.81 bits per heavy atom. The normalized spacial score (nSPS) is 20.7. The first-order valence-electron chi connectivity index (χ1n) is 14.8. The number of fused-ring (bicyclic) bond motifs is 1. The number of esters is 1. The highest BCUT2D eigenvalue weighted by Gasteiger charge is 2.40. The number of ether oxygens (including phenoxy) is 6. The highest BCUT2D eigenvalue weighted by atomic mass is 16.7. The number of methoxy groups -OCH3 is 2. The number of anilines is 1. The van der Waals surface area contributed by atoms with E-state index in [1.54, 1.807) is 28.1 Å². The summed E-state index contributed by atoms with van der Waals surface area (Å²) in [6.07, 6.45) is -2.34. The third-order valence-corrected chi connectivity index (χ3v) is 7.63. The summed E-state index contributed by atoms with van der Waals surface area (Å²) < 4.78 is 33.5. The number of rotatable bonds is 12. The molecule has 4 atom stereocenters. The van der Waals surface area contributed by atoms with Gasteiger partial charge in [-0.3, -0.25) is 4.79 Å². The van der Waals surface area contributed by atoms with Crippen molar-refractivity contribution in [1.29, 1.82) is 0 Å². The van der Waals surface area contributed by atoms with E-state index in [9.17, 15) is 14.7 Å². The third-order valence-electron chi connectivity index (χ3n) is 7.63. The Morgan fingerprint density at radius 3 is 2.51 bits per heavy atom. The van der Waals surface area contributed by atoms with E-state index in [1.165, 1.54) is 11.8 Å². The van der Waals surface area contributed by atoms with E-state index in [0.29, 0.717) is 19.0 Å². The summed E-state index contributed by atoms with van der Waals surface area (Å²) in [7, 11) is 3.30. The summed E-state index contributed by atoms with van der Waals surface area (Å²) in [6.45, 7) is 8.31. The van der Waals surface area contributed by atoms with E-state index >= 15 is 0 Å². The van der Waals surface area contributed by atoms with Crippen molar-refractivity contribution in [2.24, 2.45) is 5.92 Å². The van der Waals surface area contributed by atoms with Gasteiger partial charge in [-0.15, -0.1) is 0 Å². The number of hydrogen-bond donors (Lipinski definition) is 1. The van der Waals surface area contributed by atoms with Crippen molar-refractivity contribution in [3.05, 3.63) is 53.6 Å². The smallest absolute Gasteiger partial charge is 0.413 e. The highest BCUT2D eigenvalue weighted by molar-refractivity contribution is 5.72. The topological polar surface area (TPSA) is 116 Å². The average molecular weight is 601 g/mol. The highest BCUT2D eigenvalue weighted by Crippen LogP contribution is 2.35. The number of carbonyl (C=O) groups excluding carboxylic acids is 2. The fraction of sp³-hybridized carbons (Fsp3) is 0.562. The number of likely N-dealkylation sites (tertiary alicyclic amines) is 1. The van der Waals surface area contributed by atoms with Crippen molar-refractivity contribution in [2.75, 3.05) is 58.5 Å². The fourth-order valence-electron chi connectivity index (χ4n) is 5.34. The monoisotopic (exact) mass is 600 g/mol. The number of nitrogens with zero attached hydrogens (tertiary/aromatic N) is 2. The quantitative estimate of drug-likeness (QED) is 0.218. The van der Waals surface area contributed by atoms with Gasteiger partial charge in [-0.25, -0.2) is 4.79 Å². The molecule has 43 heavy (non-hydrogen) atoms. The summed E-state index contributed by atoms with van der Waals surface area (Å²) in [6, 6.07) is 13.5. The maximum absolute atomic E-state index is 13.1. The lowest BCUT2D eigenvalue weighted by atomic mass is 9.84. The number of benzene rings is 2. The first kappa shape index (κ1) is 32.4. The summed E-state index contributed by atoms with van der Waals surface area (Å²) in [4.78, 5) is 28.7. The van der Waals surface area contributed by atoms with Crippen LogP contribution in [0.4, 0.5) is 10.5 Å². The standard InChI is InChI=1S/C32H44N2O9/c1-21(2)31(36)42-22(3)43-32(37)34-18-27(35)30(24-8-10-25(39-5)11-9-24)29(19-34)41-20-23-7-12-28-26(17-23)33(14-16-40-28)13-6-15-38-4/h7-12,17,21-22,27,29-30,35H,6,13-16,18-20H2,1-5H3/t22?,27-,29+,30+/m1/s1. The Bertz CT molecular complexity index is 1210. The molecule has 4 rings (SSSR count). The molecular weight excluding hydrogens is 556 g/mol. The SMILES string of the molecule is COCCCN1CCOc2ccc(CO[C@H]3CN(C(=O)OC(C)OC(=O)C(C)C)C[C@@H](O)[C@@H]3c3ccc(OC)cc3)cc21. The zero-order valence-corrected chi connectivity index (χ0v) is 25.7. The molecular formula is C32H44N2O9. The second-order valence-electron chi connectivity index (χ2n) is 11.1. The van der Waals surface area contributed by atoms with Crippen LogP contribution in [0.5, 0.6) is 11.5 Å². The molecule has 2 aliphatic rings. The third kappa shape index (κ3) is 8.52. The molecule has 0 bridgehead atoms. The van der Waals surface area contributed by atoms with Crippen molar-refractivity contribution in [3.63, 3.8) is 0 Å². The lowest BCUT2D eigenvalue weighted by Gasteiger charge is -2.41. The Balaban J connectivity index is 1.50. The number of amides is 1. The molecule has 1 unspecified atom stereocenters. The summed E-state index contributed by atoms with van der Waals surface area (Å²) in [5, 5.41) is 11.3. The average Bonchev–Trinajstić information content (AvgIpc) is 3.00. The molecule has 2 aromatic rings. The second-order valence-corrected chi connectivity index (χ2v) is 11.1. The lowest BCUT2D eigenvalue weighted by Crippen LogP contribution is -2.54. The maximum atomic E-state index is 13.1. The van der Waals surface area contributed by atoms with Gasteiger partial charge in [-0.05, 0) is 41.8 Å². The van der Waals surface area contributed by atoms with Gasteiger partial charge in [0.2, 0.25) is 6.29 Å². The van der Waals surface area contributed by atoms with Crippen LogP contribution < -0.4 is 14.4 Å². The van der Waals surface area contributed by atoms with Crippen LogP contribution in [0.3, 0.4) is 0 Å². The Hall–Kier alpha value is -3.54. The van der Waals surface area contributed by atoms with Crippen LogP contribution in [0.2, 0.25) is 0 Å². The minimum absolute atomic E-state index is 0.0346. The number of carbonyl (C=O) groups is 2. The Kier molecular flexibility index (Phi) is 11.5. The van der Waals surface area contributed by atoms with E-state index in [-0.39, 0.29) is 25.6 Å². The summed E-state index contributed by atoms with van der Waals surface area (Å²) >= 11 is 0. The first-order chi connectivity index (χ1) is 20.7. The molecule has 11 heteroatoms. The number of β-amino-alcohol motifs (C(OH)–C–C–N with tert-alkyl or cyclic N) is 1. The zero-order chi connectivity index (χ0) is 30.9. The molecule has 0 radical (unpaired) electrons. The van der Waals surface area contributed by atoms with E-state index in [4.69, 9.17) is 28.4 Å². The number of piperidine rings is 1. The molecule has 1 N–H and O–H groups in total. The predicted octanol–water partition coefficient (Wildman–Crippen LogP) is 3.96. The van der Waals surface area contributed by atoms with Crippen molar-refractivity contribution in [1.82, 2.24) is 4.90 Å². The van der Waals surface area contributed by atoms with Crippen LogP contribution >= 0.6 is 0 Å². The number of hydrogen-bond acceptors (Lipinski definition) is 10. The van der Waals surface area contributed by atoms with Crippen molar-refractivity contribution in [3.8, 4) is 11.5 Å². The van der Waals surface area contributed by atoms with E-state index in [2.05, 4.69) is 11.0 Å². The Morgan fingerprint density at radius 1 is 1.05 bits per heavy atom. The van der Waals surface area contributed by atoms with Gasteiger partial charge >= 0.3 is 12.1 Å². The largest absolute Gasteiger partial charge is 0.497 e. The lowest BCUT2D eigenvalue weighted by molar-refractivity contribution is -0.171. The summed E-state index contributed by atoms with van der Waals surface area (Å²) in [5.74, 6) is 0.310. The molecule has 11 nitrogen and oxygen atoms in total. The van der Waals surface area contributed by atoms with Crippen LogP contribution in [0.15, 0.2) is 42.5 Å². The molecule has 0 spiro atoms. The van der Waals surface area contributed by atoms with Gasteiger partial charge in [-0.2, -0.15) is 0 Å². The molecule has 1 amide bonds. The first-order valence-corrected chi connectivity index (χ1v) is 14.8. The van der Waals surface area contributed by atoms with E-state index in [0.717, 1.165) is 42.1 Å². The Labute approximate surface area is 253 Å². The van der Waals surface area contributed by atoms with Gasteiger partial charge in [0.25, 0.3) is 0 Å². The molecule has 0 saturated carbocycles. The van der Waals surface area contributed by atoms with Crippen molar-refractivity contribution >= 4 is 17.7 Å². The van der Waals surface area contributed by atoms with Gasteiger partial charge in [-0.1, -0.05) is 32.0 Å². The van der Waals surface area contributed by atoms with Crippen molar-refractivity contribution < 1.29 is 43.1 Å².